The van der Waals surface area contributed by atoms with E-state index in [9.17, 15) is 9.59 Å². The summed E-state index contributed by atoms with van der Waals surface area (Å²) in [7, 11) is 0. The Bertz CT molecular complexity index is 1160. The quantitative estimate of drug-likeness (QED) is 0.313. The summed E-state index contributed by atoms with van der Waals surface area (Å²) in [6.07, 6.45) is 0.865. The second kappa shape index (κ2) is 12.5. The number of nitrogens with zero attached hydrogens (tertiary/aromatic N) is 2. The molecule has 0 unspecified atom stereocenters. The number of thiophene rings is 1. The molecule has 196 valence electrons. The lowest BCUT2D eigenvalue weighted by atomic mass is 9.81. The van der Waals surface area contributed by atoms with Gasteiger partial charge in [-0.3, -0.25) is 14.5 Å². The molecule has 0 spiro atoms. The molecule has 0 saturated heterocycles. The zero-order valence-corrected chi connectivity index (χ0v) is 23.2. The van der Waals surface area contributed by atoms with Crippen molar-refractivity contribution in [2.45, 2.75) is 58.7 Å². The largest absolute Gasteiger partial charge is 0.355 e. The summed E-state index contributed by atoms with van der Waals surface area (Å²) in [6.45, 7) is 11.7. The lowest BCUT2D eigenvalue weighted by molar-refractivity contribution is -0.124. The molecule has 1 aromatic heterocycles. The Morgan fingerprint density at radius 3 is 2.41 bits per heavy atom. The summed E-state index contributed by atoms with van der Waals surface area (Å²) in [5.41, 5.74) is 2.77. The maximum Gasteiger partial charge on any atom is 0.254 e. The zero-order chi connectivity index (χ0) is 26.4. The highest BCUT2D eigenvalue weighted by Gasteiger charge is 2.44. The molecule has 0 fully saturated rings. The first-order valence-corrected chi connectivity index (χ1v) is 14.2. The van der Waals surface area contributed by atoms with E-state index in [0.29, 0.717) is 30.6 Å². The van der Waals surface area contributed by atoms with E-state index in [4.69, 9.17) is 0 Å². The molecule has 0 aliphatic carbocycles. The summed E-state index contributed by atoms with van der Waals surface area (Å²) in [5.74, 6) is -0.129. The van der Waals surface area contributed by atoms with Gasteiger partial charge in [0.15, 0.2) is 0 Å². The van der Waals surface area contributed by atoms with E-state index in [1.807, 2.05) is 52.7 Å². The summed E-state index contributed by atoms with van der Waals surface area (Å²) >= 11 is 1.61. The Labute approximate surface area is 225 Å². The fourth-order valence-electron chi connectivity index (χ4n) is 5.19. The van der Waals surface area contributed by atoms with Crippen LogP contribution in [0.25, 0.3) is 0 Å². The van der Waals surface area contributed by atoms with E-state index in [1.54, 1.807) is 11.3 Å². The van der Waals surface area contributed by atoms with Gasteiger partial charge in [0.25, 0.3) is 5.91 Å². The maximum atomic E-state index is 13.8. The number of carbonyl (C=O) groups is 2. The highest BCUT2D eigenvalue weighted by Crippen LogP contribution is 2.44. The molecule has 2 heterocycles. The third kappa shape index (κ3) is 6.49. The number of carbonyl (C=O) groups excluding carboxylic acids is 2. The van der Waals surface area contributed by atoms with E-state index >= 15 is 0 Å². The molecule has 1 aliphatic rings. The van der Waals surface area contributed by atoms with Crippen LogP contribution in [0.2, 0.25) is 0 Å². The molecule has 5 nitrogen and oxygen atoms in total. The zero-order valence-electron chi connectivity index (χ0n) is 22.4. The standard InChI is InChI=1S/C31H39N3O2S/c1-22(2)20-34-29(27-16-10-19-37-27)28(25-14-8-9-15-26(25)31(34)36)30(35)32-17-11-18-33(23(3)4)21-24-12-6-5-7-13-24/h5-10,12-16,19,22-23,28-29H,11,17-18,20-21H2,1-4H3,(H,32,35)/t28-,29+/m1/s1. The van der Waals surface area contributed by atoms with Gasteiger partial charge < -0.3 is 10.2 Å². The maximum absolute atomic E-state index is 13.8. The van der Waals surface area contributed by atoms with Crippen LogP contribution in [0.15, 0.2) is 72.1 Å². The topological polar surface area (TPSA) is 52.7 Å². The van der Waals surface area contributed by atoms with Crippen molar-refractivity contribution in [3.05, 3.63) is 93.7 Å². The van der Waals surface area contributed by atoms with Crippen molar-refractivity contribution in [3.63, 3.8) is 0 Å². The molecule has 3 aromatic rings. The Morgan fingerprint density at radius 1 is 1.00 bits per heavy atom. The van der Waals surface area contributed by atoms with Gasteiger partial charge in [-0.2, -0.15) is 0 Å². The van der Waals surface area contributed by atoms with Crippen LogP contribution in [-0.2, 0) is 11.3 Å². The predicted octanol–water partition coefficient (Wildman–Crippen LogP) is 6.10. The first kappa shape index (κ1) is 27.1. The monoisotopic (exact) mass is 517 g/mol. The molecular formula is C31H39N3O2S. The number of fused-ring (bicyclic) bond motifs is 1. The molecule has 0 bridgehead atoms. The van der Waals surface area contributed by atoms with E-state index in [1.165, 1.54) is 5.56 Å². The van der Waals surface area contributed by atoms with Crippen molar-refractivity contribution in [2.75, 3.05) is 19.6 Å². The highest BCUT2D eigenvalue weighted by molar-refractivity contribution is 7.10. The van der Waals surface area contributed by atoms with Crippen molar-refractivity contribution in [3.8, 4) is 0 Å². The molecule has 1 aliphatic heterocycles. The Kier molecular flexibility index (Phi) is 9.17. The SMILES string of the molecule is CC(C)CN1C(=O)c2ccccc2[C@@H](C(=O)NCCCN(Cc2ccccc2)C(C)C)[C@@H]1c1cccs1. The minimum absolute atomic E-state index is 0.00809. The van der Waals surface area contributed by atoms with Gasteiger partial charge >= 0.3 is 0 Å². The lowest BCUT2D eigenvalue weighted by Crippen LogP contribution is -2.48. The molecule has 4 rings (SSSR count). The molecule has 37 heavy (non-hydrogen) atoms. The number of hydrogen-bond donors (Lipinski definition) is 1. The Morgan fingerprint density at radius 2 is 1.73 bits per heavy atom. The highest BCUT2D eigenvalue weighted by atomic mass is 32.1. The van der Waals surface area contributed by atoms with Crippen molar-refractivity contribution in [2.24, 2.45) is 5.92 Å². The molecular weight excluding hydrogens is 478 g/mol. The first-order chi connectivity index (χ1) is 17.9. The van der Waals surface area contributed by atoms with Gasteiger partial charge in [0.1, 0.15) is 0 Å². The van der Waals surface area contributed by atoms with Crippen LogP contribution in [0.1, 0.15) is 72.4 Å². The molecule has 2 amide bonds. The van der Waals surface area contributed by atoms with Crippen LogP contribution < -0.4 is 5.32 Å². The Hall–Kier alpha value is -2.96. The van der Waals surface area contributed by atoms with Crippen molar-refractivity contribution in [1.29, 1.82) is 0 Å². The fourth-order valence-corrected chi connectivity index (χ4v) is 6.06. The van der Waals surface area contributed by atoms with E-state index in [0.717, 1.165) is 30.0 Å². The van der Waals surface area contributed by atoms with Gasteiger partial charge in [0.2, 0.25) is 5.91 Å². The third-order valence-corrected chi connectivity index (χ3v) is 7.94. The summed E-state index contributed by atoms with van der Waals surface area (Å²) in [5, 5.41) is 5.26. The van der Waals surface area contributed by atoms with Crippen LogP contribution in [-0.4, -0.2) is 47.3 Å². The second-order valence-corrected chi connectivity index (χ2v) is 11.6. The van der Waals surface area contributed by atoms with E-state index < -0.39 is 5.92 Å². The van der Waals surface area contributed by atoms with E-state index in [-0.39, 0.29) is 17.9 Å². The van der Waals surface area contributed by atoms with Crippen LogP contribution in [0.3, 0.4) is 0 Å². The number of hydrogen-bond acceptors (Lipinski definition) is 4. The van der Waals surface area contributed by atoms with Crippen molar-refractivity contribution in [1.82, 2.24) is 15.1 Å². The van der Waals surface area contributed by atoms with Gasteiger partial charge in [-0.1, -0.05) is 68.4 Å². The number of benzene rings is 2. The molecule has 6 heteroatoms. The minimum atomic E-state index is -0.433. The predicted molar refractivity (Wildman–Crippen MR) is 152 cm³/mol. The summed E-state index contributed by atoms with van der Waals surface area (Å²) < 4.78 is 0. The molecule has 0 radical (unpaired) electrons. The smallest absolute Gasteiger partial charge is 0.254 e. The van der Waals surface area contributed by atoms with Gasteiger partial charge in [0, 0.05) is 42.7 Å². The van der Waals surface area contributed by atoms with Gasteiger partial charge in [-0.05, 0) is 54.8 Å². The molecule has 0 saturated carbocycles. The van der Waals surface area contributed by atoms with E-state index in [2.05, 4.69) is 62.2 Å². The molecule has 1 N–H and O–H groups in total. The van der Waals surface area contributed by atoms with Gasteiger partial charge in [-0.15, -0.1) is 11.3 Å². The number of amides is 2. The van der Waals surface area contributed by atoms with Crippen molar-refractivity contribution >= 4 is 23.2 Å². The molecule has 2 atom stereocenters. The van der Waals surface area contributed by atoms with Crippen LogP contribution in [0.4, 0.5) is 0 Å². The molecule has 2 aromatic carbocycles. The van der Waals surface area contributed by atoms with Crippen LogP contribution >= 0.6 is 11.3 Å². The van der Waals surface area contributed by atoms with Crippen LogP contribution in [0, 0.1) is 5.92 Å². The average Bonchev–Trinajstić information content (AvgIpc) is 3.42. The minimum Gasteiger partial charge on any atom is -0.355 e. The average molecular weight is 518 g/mol. The van der Waals surface area contributed by atoms with Gasteiger partial charge in [-0.25, -0.2) is 0 Å². The lowest BCUT2D eigenvalue weighted by Gasteiger charge is -2.42. The van der Waals surface area contributed by atoms with Crippen molar-refractivity contribution < 1.29 is 9.59 Å². The van der Waals surface area contributed by atoms with Crippen LogP contribution in [0.5, 0.6) is 0 Å². The summed E-state index contributed by atoms with van der Waals surface area (Å²) in [4.78, 5) is 32.8. The summed E-state index contributed by atoms with van der Waals surface area (Å²) in [6, 6.07) is 22.3. The normalized spacial score (nSPS) is 17.5. The first-order valence-electron chi connectivity index (χ1n) is 13.4. The number of nitrogens with one attached hydrogen (secondary N) is 1. The second-order valence-electron chi connectivity index (χ2n) is 10.6. The van der Waals surface area contributed by atoms with Gasteiger partial charge in [0.05, 0.1) is 12.0 Å². The fraction of sp³-hybridized carbons (Fsp3) is 0.419. The Balaban J connectivity index is 1.50. The number of rotatable bonds is 11. The third-order valence-electron chi connectivity index (χ3n) is 7.00.